The van der Waals surface area contributed by atoms with Gasteiger partial charge in [0.2, 0.25) is 5.91 Å². The number of amides is 1. The maximum Gasteiger partial charge on any atom is 0.222 e. The topological polar surface area (TPSA) is 60.0 Å². The van der Waals surface area contributed by atoms with Crippen molar-refractivity contribution in [2.75, 3.05) is 46.8 Å². The van der Waals surface area contributed by atoms with E-state index in [9.17, 15) is 9.18 Å². The van der Waals surface area contributed by atoms with E-state index in [0.29, 0.717) is 13.0 Å². The lowest BCUT2D eigenvalue weighted by Crippen LogP contribution is -2.39. The molecule has 0 saturated carbocycles. The predicted molar refractivity (Wildman–Crippen MR) is 107 cm³/mol. The van der Waals surface area contributed by atoms with Gasteiger partial charge < -0.3 is 20.4 Å². The van der Waals surface area contributed by atoms with E-state index in [-0.39, 0.29) is 17.8 Å². The molecule has 1 heterocycles. The summed E-state index contributed by atoms with van der Waals surface area (Å²) >= 11 is 0. The number of benzene rings is 1. The second-order valence-electron chi connectivity index (χ2n) is 7.02. The van der Waals surface area contributed by atoms with E-state index in [1.807, 2.05) is 36.9 Å². The predicted octanol–water partition coefficient (Wildman–Crippen LogP) is 2.00. The quantitative estimate of drug-likeness (QED) is 0.393. The van der Waals surface area contributed by atoms with Crippen molar-refractivity contribution >= 4 is 11.9 Å². The SMILES string of the molecule is CCNC(=NCC(c1cccc(F)c1)N(C)C)NCCCN1CCCC1=O. The molecule has 1 fully saturated rings. The Morgan fingerprint density at radius 1 is 1.37 bits per heavy atom. The number of halogens is 1. The summed E-state index contributed by atoms with van der Waals surface area (Å²) < 4.78 is 13.6. The highest BCUT2D eigenvalue weighted by molar-refractivity contribution is 5.80. The number of carbonyl (C=O) groups excluding carboxylic acids is 1. The Morgan fingerprint density at radius 3 is 2.81 bits per heavy atom. The Labute approximate surface area is 161 Å². The van der Waals surface area contributed by atoms with E-state index in [1.54, 1.807) is 12.1 Å². The summed E-state index contributed by atoms with van der Waals surface area (Å²) in [5.41, 5.74) is 0.909. The summed E-state index contributed by atoms with van der Waals surface area (Å²) in [6, 6.07) is 6.67. The fourth-order valence-electron chi connectivity index (χ4n) is 3.22. The minimum absolute atomic E-state index is 0.00150. The van der Waals surface area contributed by atoms with Crippen molar-refractivity contribution in [3.8, 4) is 0 Å². The van der Waals surface area contributed by atoms with Gasteiger partial charge in [-0.05, 0) is 51.6 Å². The third kappa shape index (κ3) is 6.82. The Morgan fingerprint density at radius 2 is 2.19 bits per heavy atom. The molecule has 6 nitrogen and oxygen atoms in total. The fourth-order valence-corrected chi connectivity index (χ4v) is 3.22. The first-order valence-corrected chi connectivity index (χ1v) is 9.73. The molecule has 0 aliphatic carbocycles. The normalized spacial score (nSPS) is 16.1. The van der Waals surface area contributed by atoms with Gasteiger partial charge in [0.1, 0.15) is 5.82 Å². The number of nitrogens with one attached hydrogen (secondary N) is 2. The number of guanidine groups is 1. The van der Waals surface area contributed by atoms with E-state index in [4.69, 9.17) is 0 Å². The zero-order chi connectivity index (χ0) is 19.6. The van der Waals surface area contributed by atoms with Crippen molar-refractivity contribution in [3.05, 3.63) is 35.6 Å². The van der Waals surface area contributed by atoms with Crippen LogP contribution in [0.1, 0.15) is 37.8 Å². The fraction of sp³-hybridized carbons (Fsp3) is 0.600. The van der Waals surface area contributed by atoms with Crippen LogP contribution in [0.25, 0.3) is 0 Å². The van der Waals surface area contributed by atoms with Crippen LogP contribution >= 0.6 is 0 Å². The van der Waals surface area contributed by atoms with E-state index >= 15 is 0 Å². The second kappa shape index (κ2) is 10.9. The maximum absolute atomic E-state index is 13.6. The van der Waals surface area contributed by atoms with Crippen molar-refractivity contribution in [1.82, 2.24) is 20.4 Å². The van der Waals surface area contributed by atoms with Crippen LogP contribution in [0.2, 0.25) is 0 Å². The second-order valence-corrected chi connectivity index (χ2v) is 7.02. The van der Waals surface area contributed by atoms with Gasteiger partial charge in [0.05, 0.1) is 12.6 Å². The molecule has 2 rings (SSSR count). The number of nitrogens with zero attached hydrogens (tertiary/aromatic N) is 3. The third-order valence-electron chi connectivity index (χ3n) is 4.69. The lowest BCUT2D eigenvalue weighted by molar-refractivity contribution is -0.127. The Hall–Kier alpha value is -2.15. The van der Waals surface area contributed by atoms with Gasteiger partial charge in [0, 0.05) is 32.6 Å². The largest absolute Gasteiger partial charge is 0.357 e. The Kier molecular flexibility index (Phi) is 8.51. The van der Waals surface area contributed by atoms with Crippen molar-refractivity contribution in [3.63, 3.8) is 0 Å². The first kappa shape index (κ1) is 21.2. The summed E-state index contributed by atoms with van der Waals surface area (Å²) in [4.78, 5) is 20.3. The maximum atomic E-state index is 13.6. The van der Waals surface area contributed by atoms with E-state index < -0.39 is 0 Å². The van der Waals surface area contributed by atoms with Crippen LogP contribution in [0, 0.1) is 5.82 Å². The molecule has 0 bridgehead atoms. The van der Waals surface area contributed by atoms with Crippen molar-refractivity contribution < 1.29 is 9.18 Å². The molecule has 0 radical (unpaired) electrons. The van der Waals surface area contributed by atoms with Crippen molar-refractivity contribution in [2.24, 2.45) is 4.99 Å². The number of aliphatic imine (C=N–C) groups is 1. The molecule has 0 spiro atoms. The van der Waals surface area contributed by atoms with Crippen LogP contribution in [0.4, 0.5) is 4.39 Å². The molecule has 1 aromatic carbocycles. The van der Waals surface area contributed by atoms with Gasteiger partial charge in [-0.2, -0.15) is 0 Å². The zero-order valence-electron chi connectivity index (χ0n) is 16.7. The van der Waals surface area contributed by atoms with Gasteiger partial charge in [-0.3, -0.25) is 9.79 Å². The molecule has 2 N–H and O–H groups in total. The van der Waals surface area contributed by atoms with Gasteiger partial charge in [-0.15, -0.1) is 0 Å². The molecular weight excluding hydrogens is 345 g/mol. The van der Waals surface area contributed by atoms with Crippen molar-refractivity contribution in [1.29, 1.82) is 0 Å². The highest BCUT2D eigenvalue weighted by Gasteiger charge is 2.19. The van der Waals surface area contributed by atoms with E-state index in [0.717, 1.165) is 50.5 Å². The minimum atomic E-state index is -0.232. The smallest absolute Gasteiger partial charge is 0.222 e. The molecule has 1 aromatic rings. The number of likely N-dealkylation sites (N-methyl/N-ethyl adjacent to an activating group) is 1. The molecule has 1 aliphatic heterocycles. The van der Waals surface area contributed by atoms with Crippen LogP contribution in [0.15, 0.2) is 29.3 Å². The first-order chi connectivity index (χ1) is 13.0. The summed E-state index contributed by atoms with van der Waals surface area (Å²) in [5.74, 6) is 0.776. The standard InChI is InChI=1S/C20H32FN5O/c1-4-22-20(23-11-7-13-26-12-6-10-19(26)27)24-15-18(25(2)3)16-8-5-9-17(21)14-16/h5,8-9,14,18H,4,6-7,10-13,15H2,1-3H3,(H2,22,23,24). The molecule has 1 amide bonds. The molecule has 27 heavy (non-hydrogen) atoms. The van der Waals surface area contributed by atoms with Gasteiger partial charge in [-0.25, -0.2) is 4.39 Å². The number of carbonyl (C=O) groups is 1. The van der Waals surface area contributed by atoms with Gasteiger partial charge in [0.25, 0.3) is 0 Å². The molecular formula is C20H32FN5O. The Bertz CT molecular complexity index is 635. The summed E-state index contributed by atoms with van der Waals surface area (Å²) in [7, 11) is 3.94. The van der Waals surface area contributed by atoms with E-state index in [1.165, 1.54) is 6.07 Å². The van der Waals surface area contributed by atoms with Crippen molar-refractivity contribution in [2.45, 2.75) is 32.2 Å². The van der Waals surface area contributed by atoms with Gasteiger partial charge in [-0.1, -0.05) is 12.1 Å². The molecule has 1 atom stereocenters. The number of rotatable bonds is 9. The highest BCUT2D eigenvalue weighted by Crippen LogP contribution is 2.19. The molecule has 0 aromatic heterocycles. The van der Waals surface area contributed by atoms with E-state index in [2.05, 4.69) is 15.6 Å². The van der Waals surface area contributed by atoms with Gasteiger partial charge in [0.15, 0.2) is 5.96 Å². The van der Waals surface area contributed by atoms with Crippen LogP contribution < -0.4 is 10.6 Å². The van der Waals surface area contributed by atoms with Crippen LogP contribution in [0.5, 0.6) is 0 Å². The average molecular weight is 378 g/mol. The summed E-state index contributed by atoms with van der Waals surface area (Å²) in [6.07, 6.45) is 2.54. The average Bonchev–Trinajstić information content (AvgIpc) is 3.03. The number of likely N-dealkylation sites (tertiary alicyclic amines) is 1. The third-order valence-corrected chi connectivity index (χ3v) is 4.69. The summed E-state index contributed by atoms with van der Waals surface area (Å²) in [6.45, 7) is 5.73. The molecule has 1 aliphatic rings. The van der Waals surface area contributed by atoms with Crippen LogP contribution in [-0.2, 0) is 4.79 Å². The molecule has 1 unspecified atom stereocenters. The number of hydrogen-bond donors (Lipinski definition) is 2. The van der Waals surface area contributed by atoms with Gasteiger partial charge >= 0.3 is 0 Å². The lowest BCUT2D eigenvalue weighted by Gasteiger charge is -2.24. The highest BCUT2D eigenvalue weighted by atomic mass is 19.1. The molecule has 150 valence electrons. The molecule has 1 saturated heterocycles. The minimum Gasteiger partial charge on any atom is -0.357 e. The first-order valence-electron chi connectivity index (χ1n) is 9.73. The summed E-state index contributed by atoms with van der Waals surface area (Å²) in [5, 5.41) is 6.57. The van der Waals surface area contributed by atoms with Crippen LogP contribution in [-0.4, -0.2) is 68.5 Å². The van der Waals surface area contributed by atoms with Crippen LogP contribution in [0.3, 0.4) is 0 Å². The molecule has 7 heteroatoms. The monoisotopic (exact) mass is 377 g/mol. The Balaban J connectivity index is 1.89. The number of hydrogen-bond acceptors (Lipinski definition) is 3. The lowest BCUT2D eigenvalue weighted by atomic mass is 10.1. The zero-order valence-corrected chi connectivity index (χ0v) is 16.7.